The Kier molecular flexibility index (Phi) is 7.50. The first-order valence-electron chi connectivity index (χ1n) is 10.6. The number of alkyl halides is 3. The van der Waals surface area contributed by atoms with Gasteiger partial charge >= 0.3 is 12.4 Å². The Morgan fingerprint density at radius 3 is 2.36 bits per heavy atom. The number of benzene rings is 1. The fourth-order valence-corrected chi connectivity index (χ4v) is 4.44. The zero-order valence-electron chi connectivity index (χ0n) is 18.8. The zero-order chi connectivity index (χ0) is 25.9. The first-order chi connectivity index (χ1) is 17.1. The molecule has 0 spiro atoms. The molecule has 0 unspecified atom stereocenters. The number of piperazine rings is 1. The number of nitrogens with one attached hydrogen (secondary N) is 2. The number of urea groups is 1. The summed E-state index contributed by atoms with van der Waals surface area (Å²) in [5.41, 5.74) is 1.33. The highest BCUT2D eigenvalue weighted by molar-refractivity contribution is 7.20. The van der Waals surface area contributed by atoms with E-state index in [1.165, 1.54) is 12.1 Å². The first kappa shape index (κ1) is 25.5. The van der Waals surface area contributed by atoms with Crippen molar-refractivity contribution in [2.24, 2.45) is 0 Å². The van der Waals surface area contributed by atoms with Gasteiger partial charge in [-0.15, -0.1) is 13.2 Å². The van der Waals surface area contributed by atoms with Crippen molar-refractivity contribution in [3.63, 3.8) is 0 Å². The fourth-order valence-electron chi connectivity index (χ4n) is 3.42. The number of nitrogens with zero attached hydrogens (tertiary/aromatic N) is 4. The van der Waals surface area contributed by atoms with Crippen molar-refractivity contribution < 1.29 is 27.5 Å². The van der Waals surface area contributed by atoms with E-state index >= 15 is 0 Å². The summed E-state index contributed by atoms with van der Waals surface area (Å²) in [6.45, 7) is 4.08. The molecule has 3 heterocycles. The number of aryl methyl sites for hydroxylation is 1. The number of ether oxygens (including phenoxy) is 1. The van der Waals surface area contributed by atoms with Gasteiger partial charge < -0.3 is 19.9 Å². The number of anilines is 3. The van der Waals surface area contributed by atoms with E-state index in [1.54, 1.807) is 11.1 Å². The van der Waals surface area contributed by atoms with Crippen molar-refractivity contribution in [2.75, 3.05) is 41.7 Å². The standard InChI is InChI=1S/C22H20ClF3N6O3S/c1-13-2-7-16(27-12-13)31-8-10-32(11-9-31)19(33)17-18(23)36-21(29-17)30-20(34)28-14-3-5-15(6-4-14)35-22(24,25)26/h2-7,12H,8-11H2,1H3,(H2,28,29,30,34). The lowest BCUT2D eigenvalue weighted by atomic mass is 10.2. The third kappa shape index (κ3) is 6.55. The van der Waals surface area contributed by atoms with Gasteiger partial charge in [-0.3, -0.25) is 10.1 Å². The maximum atomic E-state index is 13.0. The molecule has 2 N–H and O–H groups in total. The fraction of sp³-hybridized carbons (Fsp3) is 0.273. The van der Waals surface area contributed by atoms with Crippen molar-refractivity contribution >= 4 is 51.5 Å². The molecule has 0 bridgehead atoms. The molecule has 1 fully saturated rings. The van der Waals surface area contributed by atoms with Crippen LogP contribution in [0.25, 0.3) is 0 Å². The number of aromatic nitrogens is 2. The summed E-state index contributed by atoms with van der Waals surface area (Å²) >= 11 is 7.15. The van der Waals surface area contributed by atoms with Crippen LogP contribution in [0.4, 0.5) is 34.6 Å². The number of thiazole rings is 1. The van der Waals surface area contributed by atoms with Gasteiger partial charge in [0.25, 0.3) is 5.91 Å². The summed E-state index contributed by atoms with van der Waals surface area (Å²) < 4.78 is 40.7. The number of amides is 3. The SMILES string of the molecule is Cc1ccc(N2CCN(C(=O)c3nc(NC(=O)Nc4ccc(OC(F)(F)F)cc4)sc3Cl)CC2)nc1. The van der Waals surface area contributed by atoms with E-state index in [0.717, 1.165) is 34.9 Å². The van der Waals surface area contributed by atoms with E-state index in [1.807, 2.05) is 19.1 Å². The average Bonchev–Trinajstić information content (AvgIpc) is 3.19. The Labute approximate surface area is 212 Å². The van der Waals surface area contributed by atoms with Crippen LogP contribution < -0.4 is 20.3 Å². The topological polar surface area (TPSA) is 99.7 Å². The summed E-state index contributed by atoms with van der Waals surface area (Å²) in [4.78, 5) is 37.5. The second-order valence-corrected chi connectivity index (χ2v) is 9.37. The summed E-state index contributed by atoms with van der Waals surface area (Å²) in [6, 6.07) is 7.84. The highest BCUT2D eigenvalue weighted by Crippen LogP contribution is 2.30. The number of hydrogen-bond donors (Lipinski definition) is 2. The smallest absolute Gasteiger partial charge is 0.406 e. The lowest BCUT2D eigenvalue weighted by Crippen LogP contribution is -2.49. The molecule has 36 heavy (non-hydrogen) atoms. The van der Waals surface area contributed by atoms with Gasteiger partial charge in [-0.1, -0.05) is 29.0 Å². The highest BCUT2D eigenvalue weighted by Gasteiger charge is 2.31. The van der Waals surface area contributed by atoms with Gasteiger partial charge in [-0.25, -0.2) is 14.8 Å². The van der Waals surface area contributed by atoms with Gasteiger partial charge in [0.2, 0.25) is 0 Å². The molecule has 1 aromatic carbocycles. The predicted octanol–water partition coefficient (Wildman–Crippen LogP) is 5.00. The van der Waals surface area contributed by atoms with E-state index in [9.17, 15) is 22.8 Å². The number of pyridine rings is 1. The number of halogens is 4. The summed E-state index contributed by atoms with van der Waals surface area (Å²) in [7, 11) is 0. The first-order valence-corrected chi connectivity index (χ1v) is 11.8. The number of hydrogen-bond acceptors (Lipinski definition) is 7. The second kappa shape index (κ2) is 10.6. The molecule has 0 aliphatic carbocycles. The van der Waals surface area contributed by atoms with E-state index in [0.29, 0.717) is 26.2 Å². The maximum Gasteiger partial charge on any atom is 0.573 e. The van der Waals surface area contributed by atoms with Crippen LogP contribution in [0.1, 0.15) is 16.1 Å². The third-order valence-electron chi connectivity index (χ3n) is 5.14. The van der Waals surface area contributed by atoms with E-state index in [4.69, 9.17) is 11.6 Å². The largest absolute Gasteiger partial charge is 0.573 e. The summed E-state index contributed by atoms with van der Waals surface area (Å²) in [5.74, 6) is 0.0835. The Hall–Kier alpha value is -3.58. The lowest BCUT2D eigenvalue weighted by molar-refractivity contribution is -0.274. The summed E-state index contributed by atoms with van der Waals surface area (Å²) in [5, 5.41) is 5.02. The van der Waals surface area contributed by atoms with Crippen molar-refractivity contribution in [3.8, 4) is 5.75 Å². The summed E-state index contributed by atoms with van der Waals surface area (Å²) in [6.07, 6.45) is -3.01. The minimum atomic E-state index is -4.81. The van der Waals surface area contributed by atoms with Gasteiger partial charge in [-0.2, -0.15) is 0 Å². The molecule has 0 atom stereocenters. The molecule has 3 amide bonds. The van der Waals surface area contributed by atoms with E-state index in [2.05, 4.69) is 30.2 Å². The van der Waals surface area contributed by atoms with Crippen molar-refractivity contribution in [1.82, 2.24) is 14.9 Å². The van der Waals surface area contributed by atoms with Gasteiger partial charge in [-0.05, 0) is 42.8 Å². The molecular formula is C22H20ClF3N6O3S. The number of carbonyl (C=O) groups excluding carboxylic acids is 2. The molecule has 2 aromatic heterocycles. The molecule has 1 aliphatic rings. The molecule has 1 aliphatic heterocycles. The van der Waals surface area contributed by atoms with Crippen LogP contribution in [-0.4, -0.2) is 59.3 Å². The minimum absolute atomic E-state index is 0.0347. The monoisotopic (exact) mass is 540 g/mol. The quantitative estimate of drug-likeness (QED) is 0.472. The van der Waals surface area contributed by atoms with Crippen LogP contribution in [0, 0.1) is 6.92 Å². The molecule has 190 valence electrons. The normalized spacial score (nSPS) is 13.9. The van der Waals surface area contributed by atoms with Gasteiger partial charge in [0.15, 0.2) is 10.8 Å². The molecule has 0 saturated carbocycles. The molecular weight excluding hydrogens is 521 g/mol. The molecule has 0 radical (unpaired) electrons. The van der Waals surface area contributed by atoms with Crippen molar-refractivity contribution in [1.29, 1.82) is 0 Å². The van der Waals surface area contributed by atoms with Gasteiger partial charge in [0, 0.05) is 38.1 Å². The Morgan fingerprint density at radius 2 is 1.75 bits per heavy atom. The third-order valence-corrected chi connectivity index (χ3v) is 6.31. The average molecular weight is 541 g/mol. The molecule has 9 nitrogen and oxygen atoms in total. The van der Waals surface area contributed by atoms with Crippen LogP contribution in [0.5, 0.6) is 5.75 Å². The minimum Gasteiger partial charge on any atom is -0.406 e. The molecule has 3 aromatic rings. The Balaban J connectivity index is 1.31. The predicted molar refractivity (Wildman–Crippen MR) is 130 cm³/mol. The molecule has 14 heteroatoms. The molecule has 1 saturated heterocycles. The zero-order valence-corrected chi connectivity index (χ0v) is 20.4. The van der Waals surface area contributed by atoms with Crippen LogP contribution in [0.15, 0.2) is 42.6 Å². The Morgan fingerprint density at radius 1 is 1.06 bits per heavy atom. The van der Waals surface area contributed by atoms with Crippen molar-refractivity contribution in [2.45, 2.75) is 13.3 Å². The highest BCUT2D eigenvalue weighted by atomic mass is 35.5. The Bertz CT molecular complexity index is 1230. The van der Waals surface area contributed by atoms with Crippen LogP contribution >= 0.6 is 22.9 Å². The van der Waals surface area contributed by atoms with Gasteiger partial charge in [0.05, 0.1) is 0 Å². The van der Waals surface area contributed by atoms with E-state index in [-0.39, 0.29) is 26.8 Å². The molecule has 4 rings (SSSR count). The number of rotatable bonds is 5. The number of carbonyl (C=O) groups is 2. The van der Waals surface area contributed by atoms with Crippen LogP contribution in [-0.2, 0) is 0 Å². The maximum absolute atomic E-state index is 13.0. The van der Waals surface area contributed by atoms with Crippen molar-refractivity contribution in [3.05, 3.63) is 58.2 Å². The van der Waals surface area contributed by atoms with Crippen LogP contribution in [0.2, 0.25) is 4.34 Å². The lowest BCUT2D eigenvalue weighted by Gasteiger charge is -2.35. The second-order valence-electron chi connectivity index (χ2n) is 7.77. The van der Waals surface area contributed by atoms with E-state index < -0.39 is 18.1 Å². The van der Waals surface area contributed by atoms with Crippen LogP contribution in [0.3, 0.4) is 0 Å². The van der Waals surface area contributed by atoms with Gasteiger partial charge in [0.1, 0.15) is 15.9 Å².